The van der Waals surface area contributed by atoms with Crippen LogP contribution in [0.5, 0.6) is 0 Å². The van der Waals surface area contributed by atoms with Gasteiger partial charge in [-0.2, -0.15) is 0 Å². The van der Waals surface area contributed by atoms with Gasteiger partial charge in [0.15, 0.2) is 0 Å². The maximum Gasteiger partial charge on any atom is 0.341 e. The second-order valence-electron chi connectivity index (χ2n) is 6.99. The minimum absolute atomic E-state index is 0.153. The number of aryl methyl sites for hydroxylation is 2. The molecule has 0 aliphatic carbocycles. The highest BCUT2D eigenvalue weighted by Gasteiger charge is 2.26. The van der Waals surface area contributed by atoms with E-state index in [9.17, 15) is 14.4 Å². The van der Waals surface area contributed by atoms with Crippen LogP contribution in [-0.4, -0.2) is 24.9 Å². The first-order valence-electron chi connectivity index (χ1n) is 9.38. The zero-order valence-corrected chi connectivity index (χ0v) is 19.0. The van der Waals surface area contributed by atoms with Gasteiger partial charge in [0.2, 0.25) is 0 Å². The van der Waals surface area contributed by atoms with Gasteiger partial charge in [0, 0.05) is 16.3 Å². The molecule has 0 spiro atoms. The lowest BCUT2D eigenvalue weighted by atomic mass is 10.1. The minimum atomic E-state index is -0.634. The minimum Gasteiger partial charge on any atom is -0.465 e. The van der Waals surface area contributed by atoms with Crippen LogP contribution in [0.3, 0.4) is 0 Å². The molecule has 8 heteroatoms. The van der Waals surface area contributed by atoms with Crippen molar-refractivity contribution < 1.29 is 19.1 Å². The van der Waals surface area contributed by atoms with Crippen molar-refractivity contribution in [3.05, 3.63) is 80.2 Å². The summed E-state index contributed by atoms with van der Waals surface area (Å²) >= 11 is 7.15. The first-order chi connectivity index (χ1) is 14.7. The average molecular weight is 457 g/mol. The maximum absolute atomic E-state index is 12.9. The number of ether oxygens (including phenoxy) is 1. The van der Waals surface area contributed by atoms with Gasteiger partial charge in [0.25, 0.3) is 11.8 Å². The van der Waals surface area contributed by atoms with Crippen LogP contribution < -0.4 is 10.6 Å². The summed E-state index contributed by atoms with van der Waals surface area (Å²) < 4.78 is 4.87. The van der Waals surface area contributed by atoms with Crippen molar-refractivity contribution in [3.8, 4) is 0 Å². The van der Waals surface area contributed by atoms with Crippen LogP contribution in [0.1, 0.15) is 47.1 Å². The highest BCUT2D eigenvalue weighted by atomic mass is 35.5. The van der Waals surface area contributed by atoms with Crippen molar-refractivity contribution in [3.63, 3.8) is 0 Å². The molecule has 160 valence electrons. The number of methoxy groups -OCH3 is 1. The molecular weight excluding hydrogens is 436 g/mol. The molecule has 1 heterocycles. The smallest absolute Gasteiger partial charge is 0.341 e. The lowest BCUT2D eigenvalue weighted by Gasteiger charge is -2.07. The Kier molecular flexibility index (Phi) is 6.77. The van der Waals surface area contributed by atoms with Crippen LogP contribution in [0.15, 0.2) is 42.5 Å². The van der Waals surface area contributed by atoms with Crippen LogP contribution in [0.25, 0.3) is 0 Å². The molecule has 3 rings (SSSR count). The maximum atomic E-state index is 12.9. The van der Waals surface area contributed by atoms with Gasteiger partial charge in [-0.3, -0.25) is 9.59 Å². The molecule has 6 nitrogen and oxygen atoms in total. The molecule has 0 aliphatic heterocycles. The predicted octanol–water partition coefficient (Wildman–Crippen LogP) is 5.62. The quantitative estimate of drug-likeness (QED) is 0.488. The van der Waals surface area contributed by atoms with Gasteiger partial charge < -0.3 is 15.4 Å². The van der Waals surface area contributed by atoms with E-state index in [1.807, 2.05) is 19.9 Å². The third-order valence-corrected chi connectivity index (χ3v) is 6.29. The van der Waals surface area contributed by atoms with E-state index in [1.165, 1.54) is 7.11 Å². The molecule has 2 N–H and O–H groups in total. The SMILES string of the molecule is COC(=O)c1c(NC(=O)c2cccc(C)c2)sc(C(=O)Nc2ccc(C)c(Cl)c2)c1C. The van der Waals surface area contributed by atoms with E-state index in [0.29, 0.717) is 21.8 Å². The Morgan fingerprint density at radius 3 is 2.35 bits per heavy atom. The van der Waals surface area contributed by atoms with Gasteiger partial charge in [-0.05, 0) is 56.2 Å². The molecule has 31 heavy (non-hydrogen) atoms. The standard InChI is InChI=1S/C23H21ClN2O4S/c1-12-6-5-7-15(10-12)20(27)26-22-18(23(29)30-4)14(3)19(31-22)21(28)25-16-9-8-13(2)17(24)11-16/h5-11H,1-4H3,(H,25,28)(H,26,27). The fraction of sp³-hybridized carbons (Fsp3) is 0.174. The average Bonchev–Trinajstić information content (AvgIpc) is 3.06. The van der Waals surface area contributed by atoms with E-state index in [-0.39, 0.29) is 21.3 Å². The number of carbonyl (C=O) groups is 3. The lowest BCUT2D eigenvalue weighted by Crippen LogP contribution is -2.14. The van der Waals surface area contributed by atoms with E-state index < -0.39 is 11.9 Å². The number of halogens is 1. The van der Waals surface area contributed by atoms with E-state index in [4.69, 9.17) is 16.3 Å². The zero-order valence-electron chi connectivity index (χ0n) is 17.5. The van der Waals surface area contributed by atoms with E-state index in [1.54, 1.807) is 43.3 Å². The van der Waals surface area contributed by atoms with Crippen molar-refractivity contribution in [2.75, 3.05) is 17.7 Å². The van der Waals surface area contributed by atoms with E-state index in [2.05, 4.69) is 10.6 Å². The Balaban J connectivity index is 1.93. The molecule has 0 saturated heterocycles. The number of esters is 1. The zero-order chi connectivity index (χ0) is 22.7. The van der Waals surface area contributed by atoms with Crippen molar-refractivity contribution >= 4 is 51.4 Å². The molecule has 0 unspecified atom stereocenters. The number of rotatable bonds is 5. The highest BCUT2D eigenvalue weighted by molar-refractivity contribution is 7.19. The number of anilines is 2. The second-order valence-corrected chi connectivity index (χ2v) is 8.42. The summed E-state index contributed by atoms with van der Waals surface area (Å²) in [5, 5.41) is 6.31. The molecule has 0 atom stereocenters. The van der Waals surface area contributed by atoms with Gasteiger partial charge in [-0.25, -0.2) is 4.79 Å². The first-order valence-corrected chi connectivity index (χ1v) is 10.6. The first kappa shape index (κ1) is 22.5. The van der Waals surface area contributed by atoms with Crippen molar-refractivity contribution in [2.24, 2.45) is 0 Å². The van der Waals surface area contributed by atoms with Crippen LogP contribution in [-0.2, 0) is 4.74 Å². The predicted molar refractivity (Wildman–Crippen MR) is 124 cm³/mol. The number of thiophene rings is 1. The third-order valence-electron chi connectivity index (χ3n) is 4.68. The number of nitrogens with one attached hydrogen (secondary N) is 2. The fourth-order valence-electron chi connectivity index (χ4n) is 2.99. The summed E-state index contributed by atoms with van der Waals surface area (Å²) in [5.41, 5.74) is 3.37. The highest BCUT2D eigenvalue weighted by Crippen LogP contribution is 2.35. The summed E-state index contributed by atoms with van der Waals surface area (Å²) in [4.78, 5) is 38.3. The van der Waals surface area contributed by atoms with E-state index >= 15 is 0 Å². The number of hydrogen-bond acceptors (Lipinski definition) is 5. The molecule has 2 amide bonds. The second kappa shape index (κ2) is 9.32. The van der Waals surface area contributed by atoms with Crippen molar-refractivity contribution in [1.82, 2.24) is 0 Å². The molecule has 0 bridgehead atoms. The molecular formula is C23H21ClN2O4S. The van der Waals surface area contributed by atoms with Crippen molar-refractivity contribution in [1.29, 1.82) is 0 Å². The van der Waals surface area contributed by atoms with Crippen LogP contribution >= 0.6 is 22.9 Å². The summed E-state index contributed by atoms with van der Waals surface area (Å²) in [7, 11) is 1.25. The third kappa shape index (κ3) is 4.95. The number of benzene rings is 2. The lowest BCUT2D eigenvalue weighted by molar-refractivity contribution is 0.0601. The van der Waals surface area contributed by atoms with Gasteiger partial charge >= 0.3 is 5.97 Å². The van der Waals surface area contributed by atoms with Gasteiger partial charge in [-0.15, -0.1) is 11.3 Å². The monoisotopic (exact) mass is 456 g/mol. The van der Waals surface area contributed by atoms with Gasteiger partial charge in [0.05, 0.1) is 17.6 Å². The van der Waals surface area contributed by atoms with Gasteiger partial charge in [-0.1, -0.05) is 35.4 Å². The Morgan fingerprint density at radius 1 is 0.968 bits per heavy atom. The Hall–Kier alpha value is -3.16. The molecule has 2 aromatic carbocycles. The molecule has 0 radical (unpaired) electrons. The Morgan fingerprint density at radius 2 is 1.71 bits per heavy atom. The molecule has 1 aromatic heterocycles. The number of carbonyl (C=O) groups excluding carboxylic acids is 3. The van der Waals surface area contributed by atoms with Crippen LogP contribution in [0.4, 0.5) is 10.7 Å². The Bertz CT molecular complexity index is 1190. The van der Waals surface area contributed by atoms with Crippen LogP contribution in [0.2, 0.25) is 5.02 Å². The normalized spacial score (nSPS) is 10.5. The largest absolute Gasteiger partial charge is 0.465 e. The summed E-state index contributed by atoms with van der Waals surface area (Å²) in [5.74, 6) is -1.43. The summed E-state index contributed by atoms with van der Waals surface area (Å²) in [6.45, 7) is 5.39. The van der Waals surface area contributed by atoms with Crippen molar-refractivity contribution in [2.45, 2.75) is 20.8 Å². The summed E-state index contributed by atoms with van der Waals surface area (Å²) in [6.07, 6.45) is 0. The van der Waals surface area contributed by atoms with Gasteiger partial charge in [0.1, 0.15) is 5.00 Å². The summed E-state index contributed by atoms with van der Waals surface area (Å²) in [6, 6.07) is 12.3. The fourth-order valence-corrected chi connectivity index (χ4v) is 4.25. The molecule has 0 saturated carbocycles. The number of hydrogen-bond donors (Lipinski definition) is 2. The number of amides is 2. The topological polar surface area (TPSA) is 84.5 Å². The van der Waals surface area contributed by atoms with Crippen LogP contribution in [0, 0.1) is 20.8 Å². The van der Waals surface area contributed by atoms with E-state index in [0.717, 1.165) is 22.5 Å². The molecule has 0 aliphatic rings. The molecule has 0 fully saturated rings. The Labute approximate surface area is 189 Å². The molecule has 3 aromatic rings.